The molecule has 0 saturated carbocycles. The molecule has 0 radical (unpaired) electrons. The van der Waals surface area contributed by atoms with Gasteiger partial charge in [-0.3, -0.25) is 0 Å². The van der Waals surface area contributed by atoms with Crippen molar-refractivity contribution in [1.82, 2.24) is 4.98 Å². The van der Waals surface area contributed by atoms with Crippen LogP contribution in [0.1, 0.15) is 22.2 Å². The topological polar surface area (TPSA) is 73.0 Å². The first kappa shape index (κ1) is 17.1. The van der Waals surface area contributed by atoms with Crippen LogP contribution in [0.2, 0.25) is 0 Å². The molecule has 3 rings (SSSR count). The van der Waals surface area contributed by atoms with E-state index in [0.29, 0.717) is 16.0 Å². The highest BCUT2D eigenvalue weighted by molar-refractivity contribution is 7.89. The van der Waals surface area contributed by atoms with Crippen LogP contribution >= 0.6 is 23.6 Å². The van der Waals surface area contributed by atoms with Crippen LogP contribution in [0.25, 0.3) is 5.57 Å². The van der Waals surface area contributed by atoms with Gasteiger partial charge >= 0.3 is 0 Å². The van der Waals surface area contributed by atoms with Crippen LogP contribution in [-0.4, -0.2) is 18.3 Å². The molecular weight excluding hydrogens is 367 g/mol. The maximum atomic E-state index is 14.0. The lowest BCUT2D eigenvalue weighted by molar-refractivity contribution is 0.568. The molecule has 0 fully saturated rings. The predicted molar refractivity (Wildman–Crippen MR) is 97.1 cm³/mol. The second kappa shape index (κ2) is 6.29. The minimum Gasteiger partial charge on any atom is -0.246 e. The van der Waals surface area contributed by atoms with Gasteiger partial charge in [0.1, 0.15) is 10.7 Å². The standard InChI is InChI=1S/C16H13FN2O2S3/c1-9-19-14(8-23-9)12-4-2-11(7-15(12)22)10-3-5-16(13(17)6-10)24(18,20)21/h2-8,12H,1H3,(H2,18,20,21). The first-order chi connectivity index (χ1) is 11.3. The first-order valence-corrected chi connectivity index (χ1v) is 9.77. The normalized spacial score (nSPS) is 17.9. The highest BCUT2D eigenvalue weighted by Crippen LogP contribution is 2.30. The number of hydrogen-bond donors (Lipinski definition) is 1. The van der Waals surface area contributed by atoms with Gasteiger partial charge < -0.3 is 0 Å². The van der Waals surface area contributed by atoms with Crippen LogP contribution in [0.15, 0.2) is 46.7 Å². The minimum atomic E-state index is -4.08. The molecule has 1 heterocycles. The second-order valence-corrected chi connectivity index (χ2v) is 8.38. The zero-order chi connectivity index (χ0) is 17.5. The average Bonchev–Trinajstić information content (AvgIpc) is 2.92. The third-order valence-corrected chi connectivity index (χ3v) is 5.71. The van der Waals surface area contributed by atoms with Crippen molar-refractivity contribution in [3.8, 4) is 0 Å². The number of hydrogen-bond acceptors (Lipinski definition) is 5. The fourth-order valence-electron chi connectivity index (χ4n) is 2.44. The van der Waals surface area contributed by atoms with Crippen LogP contribution in [-0.2, 0) is 10.0 Å². The summed E-state index contributed by atoms with van der Waals surface area (Å²) in [7, 11) is -4.08. The Morgan fingerprint density at radius 1 is 1.38 bits per heavy atom. The Hall–Kier alpha value is -1.74. The fourth-order valence-corrected chi connectivity index (χ4v) is 4.01. The minimum absolute atomic E-state index is 0.0813. The van der Waals surface area contributed by atoms with E-state index in [1.807, 2.05) is 24.5 Å². The van der Waals surface area contributed by atoms with E-state index in [4.69, 9.17) is 17.4 Å². The predicted octanol–water partition coefficient (Wildman–Crippen LogP) is 3.34. The van der Waals surface area contributed by atoms with Crippen molar-refractivity contribution in [3.05, 3.63) is 63.9 Å². The Kier molecular flexibility index (Phi) is 4.48. The number of sulfonamides is 1. The maximum Gasteiger partial charge on any atom is 0.240 e. The summed E-state index contributed by atoms with van der Waals surface area (Å²) in [6.07, 6.45) is 5.53. The Bertz CT molecular complexity index is 991. The first-order valence-electron chi connectivity index (χ1n) is 6.94. The molecule has 0 aliphatic heterocycles. The van der Waals surface area contributed by atoms with Gasteiger partial charge in [0.2, 0.25) is 10.0 Å². The van der Waals surface area contributed by atoms with Gasteiger partial charge in [-0.1, -0.05) is 30.4 Å². The van der Waals surface area contributed by atoms with Crippen LogP contribution in [0.4, 0.5) is 4.39 Å². The molecule has 1 aromatic heterocycles. The molecule has 0 bridgehead atoms. The van der Waals surface area contributed by atoms with Crippen molar-refractivity contribution in [1.29, 1.82) is 0 Å². The average molecular weight is 380 g/mol. The summed E-state index contributed by atoms with van der Waals surface area (Å²) in [6, 6.07) is 3.81. The molecule has 124 valence electrons. The third-order valence-electron chi connectivity index (χ3n) is 3.60. The number of thiocarbonyl (C=S) groups is 1. The van der Waals surface area contributed by atoms with Gasteiger partial charge in [0.25, 0.3) is 0 Å². The Morgan fingerprint density at radius 2 is 2.12 bits per heavy atom. The van der Waals surface area contributed by atoms with Crippen molar-refractivity contribution in [2.45, 2.75) is 17.7 Å². The Balaban J connectivity index is 1.91. The van der Waals surface area contributed by atoms with Crippen molar-refractivity contribution >= 4 is 44.0 Å². The van der Waals surface area contributed by atoms with E-state index >= 15 is 0 Å². The largest absolute Gasteiger partial charge is 0.246 e. The van der Waals surface area contributed by atoms with E-state index in [0.717, 1.165) is 22.8 Å². The SMILES string of the molecule is Cc1nc(C2C=CC(c3ccc(S(N)(=O)=O)c(F)c3)=CC2=S)cs1. The third kappa shape index (κ3) is 3.36. The van der Waals surface area contributed by atoms with Crippen LogP contribution in [0.5, 0.6) is 0 Å². The molecule has 1 aliphatic rings. The molecule has 4 nitrogen and oxygen atoms in total. The molecular formula is C16H13FN2O2S3. The van der Waals surface area contributed by atoms with Crippen molar-refractivity contribution in [3.63, 3.8) is 0 Å². The zero-order valence-corrected chi connectivity index (χ0v) is 15.0. The molecule has 1 aromatic carbocycles. The summed E-state index contributed by atoms with van der Waals surface area (Å²) in [5, 5.41) is 7.91. The number of rotatable bonds is 3. The van der Waals surface area contributed by atoms with E-state index in [1.54, 1.807) is 17.4 Å². The lowest BCUT2D eigenvalue weighted by Crippen LogP contribution is -2.14. The molecule has 1 atom stereocenters. The Morgan fingerprint density at radius 3 is 2.67 bits per heavy atom. The van der Waals surface area contributed by atoms with E-state index in [1.165, 1.54) is 6.07 Å². The van der Waals surface area contributed by atoms with Gasteiger partial charge in [-0.15, -0.1) is 11.3 Å². The Labute approximate surface area is 148 Å². The number of aromatic nitrogens is 1. The molecule has 0 saturated heterocycles. The number of aryl methyl sites for hydroxylation is 1. The second-order valence-electron chi connectivity index (χ2n) is 5.32. The number of nitrogens with two attached hydrogens (primary N) is 1. The highest BCUT2D eigenvalue weighted by Gasteiger charge is 2.21. The molecule has 1 aliphatic carbocycles. The summed E-state index contributed by atoms with van der Waals surface area (Å²) in [6.45, 7) is 1.93. The van der Waals surface area contributed by atoms with Crippen LogP contribution < -0.4 is 5.14 Å². The van der Waals surface area contributed by atoms with Crippen molar-refractivity contribution in [2.24, 2.45) is 5.14 Å². The summed E-state index contributed by atoms with van der Waals surface area (Å²) in [5.41, 5.74) is 2.14. The van der Waals surface area contributed by atoms with E-state index < -0.39 is 20.7 Å². The summed E-state index contributed by atoms with van der Waals surface area (Å²) in [4.78, 5) is 4.60. The quantitative estimate of drug-likeness (QED) is 0.829. The number of allylic oxidation sites excluding steroid dienone is 4. The maximum absolute atomic E-state index is 14.0. The summed E-state index contributed by atoms with van der Waals surface area (Å²) >= 11 is 7.00. The van der Waals surface area contributed by atoms with Gasteiger partial charge in [0, 0.05) is 10.2 Å². The van der Waals surface area contributed by atoms with Gasteiger partial charge in [-0.25, -0.2) is 22.9 Å². The number of nitrogens with zero attached hydrogens (tertiary/aromatic N) is 1. The molecule has 8 heteroatoms. The van der Waals surface area contributed by atoms with Crippen molar-refractivity contribution < 1.29 is 12.8 Å². The van der Waals surface area contributed by atoms with Crippen molar-refractivity contribution in [2.75, 3.05) is 0 Å². The fraction of sp³-hybridized carbons (Fsp3) is 0.125. The molecule has 0 amide bonds. The van der Waals surface area contributed by atoms with Crippen LogP contribution in [0.3, 0.4) is 0 Å². The number of primary sulfonamides is 1. The summed E-state index contributed by atoms with van der Waals surface area (Å²) < 4.78 is 36.5. The van der Waals surface area contributed by atoms with Gasteiger partial charge in [-0.05, 0) is 36.3 Å². The van der Waals surface area contributed by atoms with E-state index in [-0.39, 0.29) is 5.92 Å². The molecule has 24 heavy (non-hydrogen) atoms. The highest BCUT2D eigenvalue weighted by atomic mass is 32.2. The van der Waals surface area contributed by atoms with E-state index in [9.17, 15) is 12.8 Å². The lowest BCUT2D eigenvalue weighted by Gasteiger charge is -2.16. The zero-order valence-electron chi connectivity index (χ0n) is 12.6. The molecule has 0 spiro atoms. The molecule has 2 N–H and O–H groups in total. The number of halogens is 1. The monoisotopic (exact) mass is 380 g/mol. The van der Waals surface area contributed by atoms with Gasteiger partial charge in [-0.2, -0.15) is 0 Å². The number of thiazole rings is 1. The molecule has 2 aromatic rings. The van der Waals surface area contributed by atoms with Gasteiger partial charge in [0.05, 0.1) is 16.6 Å². The lowest BCUT2D eigenvalue weighted by atomic mass is 9.91. The summed E-state index contributed by atoms with van der Waals surface area (Å²) in [5.74, 6) is -0.963. The number of benzene rings is 1. The van der Waals surface area contributed by atoms with E-state index in [2.05, 4.69) is 4.98 Å². The van der Waals surface area contributed by atoms with Crippen LogP contribution in [0, 0.1) is 12.7 Å². The molecule has 1 unspecified atom stereocenters. The van der Waals surface area contributed by atoms with Gasteiger partial charge in [0.15, 0.2) is 0 Å². The smallest absolute Gasteiger partial charge is 0.240 e.